The van der Waals surface area contributed by atoms with Crippen LogP contribution < -0.4 is 0 Å². The quantitative estimate of drug-likeness (QED) is 0.804. The largest absolute Gasteiger partial charge is 0.347 e. The van der Waals surface area contributed by atoms with Gasteiger partial charge in [-0.05, 0) is 12.0 Å². The molecule has 2 aliphatic heterocycles. The summed E-state index contributed by atoms with van der Waals surface area (Å²) in [4.78, 5) is 7.04. The van der Waals surface area contributed by atoms with E-state index in [-0.39, 0.29) is 12.4 Å². The van der Waals surface area contributed by atoms with Gasteiger partial charge >= 0.3 is 0 Å². The van der Waals surface area contributed by atoms with Gasteiger partial charge in [0.2, 0.25) is 5.79 Å². The topological polar surface area (TPSA) is 34.1 Å². The summed E-state index contributed by atoms with van der Waals surface area (Å²) in [6.07, 6.45) is 1.93. The molecule has 0 spiro atoms. The highest BCUT2D eigenvalue weighted by Gasteiger charge is 2.47. The predicted octanol–water partition coefficient (Wildman–Crippen LogP) is 2.65. The Kier molecular flexibility index (Phi) is 4.68. The van der Waals surface area contributed by atoms with E-state index < -0.39 is 5.79 Å². The summed E-state index contributed by atoms with van der Waals surface area (Å²) < 4.78 is 11.3. The van der Waals surface area contributed by atoms with Gasteiger partial charge in [-0.2, -0.15) is 0 Å². The lowest BCUT2D eigenvalue weighted by molar-refractivity contribution is -0.171. The van der Waals surface area contributed by atoms with E-state index in [1.54, 1.807) is 14.2 Å². The second-order valence-corrected chi connectivity index (χ2v) is 5.05. The summed E-state index contributed by atoms with van der Waals surface area (Å²) in [5.74, 6) is 0.305. The van der Waals surface area contributed by atoms with Crippen LogP contribution in [0.25, 0.3) is 0 Å². The van der Waals surface area contributed by atoms with Gasteiger partial charge in [0, 0.05) is 27.2 Å². The fourth-order valence-corrected chi connectivity index (χ4v) is 3.14. The lowest BCUT2D eigenvalue weighted by atomic mass is 9.99. The Morgan fingerprint density at radius 1 is 1.20 bits per heavy atom. The van der Waals surface area contributed by atoms with Gasteiger partial charge in [-0.25, -0.2) is 0 Å². The number of hydrogen-bond acceptors (Lipinski definition) is 4. The van der Waals surface area contributed by atoms with Crippen molar-refractivity contribution in [1.82, 2.24) is 4.90 Å². The molecule has 20 heavy (non-hydrogen) atoms. The van der Waals surface area contributed by atoms with Crippen molar-refractivity contribution >= 4 is 18.2 Å². The first kappa shape index (κ1) is 15.3. The number of amidine groups is 1. The van der Waals surface area contributed by atoms with Gasteiger partial charge in [0.05, 0.1) is 12.6 Å². The fourth-order valence-electron chi connectivity index (χ4n) is 3.14. The highest BCUT2D eigenvalue weighted by Crippen LogP contribution is 2.37. The van der Waals surface area contributed by atoms with Gasteiger partial charge in [0.15, 0.2) is 5.84 Å². The molecule has 0 aromatic heterocycles. The van der Waals surface area contributed by atoms with Crippen molar-refractivity contribution in [1.29, 1.82) is 0 Å². The lowest BCUT2D eigenvalue weighted by Gasteiger charge is -2.42. The van der Waals surface area contributed by atoms with E-state index in [1.165, 1.54) is 5.56 Å². The van der Waals surface area contributed by atoms with Crippen LogP contribution >= 0.6 is 12.4 Å². The van der Waals surface area contributed by atoms with E-state index in [2.05, 4.69) is 29.2 Å². The number of ether oxygens (including phenoxy) is 2. The molecule has 1 unspecified atom stereocenters. The maximum absolute atomic E-state index is 5.63. The van der Waals surface area contributed by atoms with Crippen LogP contribution in [0.2, 0.25) is 0 Å². The average molecular weight is 297 g/mol. The van der Waals surface area contributed by atoms with Gasteiger partial charge in [-0.15, -0.1) is 12.4 Å². The van der Waals surface area contributed by atoms with Gasteiger partial charge in [0.1, 0.15) is 0 Å². The van der Waals surface area contributed by atoms with Gasteiger partial charge < -0.3 is 14.4 Å². The molecular weight excluding hydrogens is 276 g/mol. The minimum absolute atomic E-state index is 0. The second-order valence-electron chi connectivity index (χ2n) is 5.05. The summed E-state index contributed by atoms with van der Waals surface area (Å²) >= 11 is 0. The molecule has 4 nitrogen and oxygen atoms in total. The van der Waals surface area contributed by atoms with Crippen LogP contribution in [0.3, 0.4) is 0 Å². The number of rotatable bonds is 3. The molecule has 1 saturated heterocycles. The first-order chi connectivity index (χ1) is 9.30. The molecule has 1 atom stereocenters. The Labute approximate surface area is 126 Å². The maximum atomic E-state index is 5.63. The zero-order chi connectivity index (χ0) is 13.3. The van der Waals surface area contributed by atoms with E-state index in [0.29, 0.717) is 6.04 Å². The SMILES string of the molecule is COC1(OC)CCCN2C1=NCC2c1ccccc1.Cl. The molecular formula is C15H21ClN2O2. The zero-order valence-electron chi connectivity index (χ0n) is 11.9. The van der Waals surface area contributed by atoms with Crippen molar-refractivity contribution in [3.63, 3.8) is 0 Å². The normalized spacial score (nSPS) is 23.8. The molecule has 110 valence electrons. The van der Waals surface area contributed by atoms with Crippen LogP contribution in [0, 0.1) is 0 Å². The molecule has 3 rings (SSSR count). The molecule has 5 heteroatoms. The van der Waals surface area contributed by atoms with Crippen LogP contribution in [0.15, 0.2) is 35.3 Å². The number of piperidine rings is 1. The third-order valence-corrected chi connectivity index (χ3v) is 4.15. The first-order valence-corrected chi connectivity index (χ1v) is 6.77. The number of nitrogens with zero attached hydrogens (tertiary/aromatic N) is 2. The van der Waals surface area contributed by atoms with Crippen molar-refractivity contribution in [2.75, 3.05) is 27.3 Å². The number of fused-ring (bicyclic) bond motifs is 1. The third-order valence-electron chi connectivity index (χ3n) is 4.15. The van der Waals surface area contributed by atoms with Gasteiger partial charge in [-0.1, -0.05) is 30.3 Å². The standard InChI is InChI=1S/C15H20N2O2.ClH/c1-18-15(19-2)9-6-10-17-13(11-16-14(15)17)12-7-4-3-5-8-12;/h3-5,7-8,13H,6,9-11H2,1-2H3;1H. The minimum atomic E-state index is -0.651. The highest BCUT2D eigenvalue weighted by molar-refractivity contribution is 5.91. The molecule has 0 radical (unpaired) electrons. The van der Waals surface area contributed by atoms with Crippen LogP contribution in [-0.4, -0.2) is 43.8 Å². The number of hydrogen-bond donors (Lipinski definition) is 0. The third kappa shape index (κ3) is 2.32. The molecule has 1 aromatic rings. The van der Waals surface area contributed by atoms with E-state index in [4.69, 9.17) is 14.5 Å². The molecule has 0 saturated carbocycles. The summed E-state index contributed by atoms with van der Waals surface area (Å²) in [5, 5.41) is 0. The molecule has 0 N–H and O–H groups in total. The van der Waals surface area contributed by atoms with E-state index in [0.717, 1.165) is 31.8 Å². The van der Waals surface area contributed by atoms with E-state index in [1.807, 2.05) is 6.07 Å². The Bertz CT molecular complexity index is 474. The first-order valence-electron chi connectivity index (χ1n) is 6.77. The number of halogens is 1. The summed E-state index contributed by atoms with van der Waals surface area (Å²) in [7, 11) is 3.40. The van der Waals surface area contributed by atoms with E-state index in [9.17, 15) is 0 Å². The molecule has 0 aliphatic carbocycles. The average Bonchev–Trinajstić information content (AvgIpc) is 2.92. The van der Waals surface area contributed by atoms with Crippen molar-refractivity contribution in [2.24, 2.45) is 4.99 Å². The Morgan fingerprint density at radius 2 is 1.90 bits per heavy atom. The number of methoxy groups -OCH3 is 2. The Hall–Kier alpha value is -1.10. The highest BCUT2D eigenvalue weighted by atomic mass is 35.5. The van der Waals surface area contributed by atoms with Crippen LogP contribution in [0.1, 0.15) is 24.4 Å². The van der Waals surface area contributed by atoms with Crippen molar-refractivity contribution in [3.05, 3.63) is 35.9 Å². The fraction of sp³-hybridized carbons (Fsp3) is 0.533. The number of aliphatic imine (C=N–C) groups is 1. The summed E-state index contributed by atoms with van der Waals surface area (Å²) in [6.45, 7) is 1.81. The van der Waals surface area contributed by atoms with Crippen molar-refractivity contribution in [2.45, 2.75) is 24.7 Å². The molecule has 1 aromatic carbocycles. The Morgan fingerprint density at radius 3 is 2.55 bits per heavy atom. The summed E-state index contributed by atoms with van der Waals surface area (Å²) in [5.41, 5.74) is 1.31. The van der Waals surface area contributed by atoms with E-state index >= 15 is 0 Å². The van der Waals surface area contributed by atoms with Crippen LogP contribution in [-0.2, 0) is 9.47 Å². The molecule has 1 fully saturated rings. The zero-order valence-corrected chi connectivity index (χ0v) is 12.7. The predicted molar refractivity (Wildman–Crippen MR) is 81.4 cm³/mol. The van der Waals surface area contributed by atoms with Crippen LogP contribution in [0.4, 0.5) is 0 Å². The van der Waals surface area contributed by atoms with Crippen molar-refractivity contribution in [3.8, 4) is 0 Å². The molecule has 0 bridgehead atoms. The molecule has 2 aliphatic rings. The Balaban J connectivity index is 0.00000147. The van der Waals surface area contributed by atoms with Gasteiger partial charge in [0.25, 0.3) is 0 Å². The van der Waals surface area contributed by atoms with Gasteiger partial charge in [-0.3, -0.25) is 4.99 Å². The maximum Gasteiger partial charge on any atom is 0.227 e. The second kappa shape index (κ2) is 6.12. The smallest absolute Gasteiger partial charge is 0.227 e. The summed E-state index contributed by atoms with van der Waals surface area (Å²) in [6, 6.07) is 10.9. The van der Waals surface area contributed by atoms with Crippen molar-refractivity contribution < 1.29 is 9.47 Å². The van der Waals surface area contributed by atoms with Crippen LogP contribution in [0.5, 0.6) is 0 Å². The number of benzene rings is 1. The lowest BCUT2D eigenvalue weighted by Crippen LogP contribution is -2.54. The molecule has 0 amide bonds. The minimum Gasteiger partial charge on any atom is -0.347 e. The molecule has 2 heterocycles. The monoisotopic (exact) mass is 296 g/mol.